The van der Waals surface area contributed by atoms with Crippen molar-refractivity contribution in [1.82, 2.24) is 14.8 Å². The van der Waals surface area contributed by atoms with Gasteiger partial charge in [-0.25, -0.2) is 4.79 Å². The lowest BCUT2D eigenvalue weighted by Crippen LogP contribution is -2.16. The fourth-order valence-electron chi connectivity index (χ4n) is 2.91. The van der Waals surface area contributed by atoms with Crippen molar-refractivity contribution in [3.05, 3.63) is 52.2 Å². The molecule has 0 spiro atoms. The number of methoxy groups -OCH3 is 1. The SMILES string of the molecule is COC(=O)c1cc(C)sc1NC(=O)CSc1nnc(C(C)Oc2cccc(C)c2)n1C. The number of thioether (sulfide) groups is 1. The van der Waals surface area contributed by atoms with Crippen LogP contribution < -0.4 is 10.1 Å². The molecule has 0 bridgehead atoms. The Bertz CT molecular complexity index is 1090. The van der Waals surface area contributed by atoms with E-state index in [-0.39, 0.29) is 17.8 Å². The molecule has 0 aliphatic rings. The van der Waals surface area contributed by atoms with Gasteiger partial charge in [0, 0.05) is 11.9 Å². The van der Waals surface area contributed by atoms with E-state index in [1.807, 2.05) is 56.7 Å². The van der Waals surface area contributed by atoms with Gasteiger partial charge >= 0.3 is 5.97 Å². The molecule has 0 saturated heterocycles. The van der Waals surface area contributed by atoms with Crippen LogP contribution in [0.25, 0.3) is 0 Å². The second-order valence-electron chi connectivity index (χ2n) is 6.90. The van der Waals surface area contributed by atoms with Gasteiger partial charge in [0.2, 0.25) is 5.91 Å². The number of hydrogen-bond acceptors (Lipinski definition) is 8. The zero-order chi connectivity index (χ0) is 22.5. The van der Waals surface area contributed by atoms with Gasteiger partial charge in [-0.1, -0.05) is 23.9 Å². The first kappa shape index (κ1) is 22.8. The van der Waals surface area contributed by atoms with Crippen LogP contribution in [0.2, 0.25) is 0 Å². The van der Waals surface area contributed by atoms with Crippen molar-refractivity contribution in [2.45, 2.75) is 32.0 Å². The number of esters is 1. The summed E-state index contributed by atoms with van der Waals surface area (Å²) >= 11 is 2.59. The number of anilines is 1. The first-order chi connectivity index (χ1) is 14.8. The molecular weight excluding hydrogens is 436 g/mol. The van der Waals surface area contributed by atoms with Crippen molar-refractivity contribution in [3.63, 3.8) is 0 Å². The summed E-state index contributed by atoms with van der Waals surface area (Å²) in [5.74, 6) is 0.817. The standard InChI is InChI=1S/C21H24N4O4S2/c1-12-7-6-8-15(9-12)29-14(3)18-23-24-21(25(18)4)30-11-17(26)22-19-16(20(27)28-5)10-13(2)31-19/h6-10,14H,11H2,1-5H3,(H,22,26). The average molecular weight is 461 g/mol. The molecule has 0 aliphatic carbocycles. The number of aromatic nitrogens is 3. The minimum atomic E-state index is -0.479. The molecule has 1 unspecified atom stereocenters. The number of nitrogens with zero attached hydrogens (tertiary/aromatic N) is 3. The van der Waals surface area contributed by atoms with Gasteiger partial charge in [-0.15, -0.1) is 21.5 Å². The van der Waals surface area contributed by atoms with E-state index in [0.29, 0.717) is 21.5 Å². The van der Waals surface area contributed by atoms with Gasteiger partial charge in [-0.05, 0) is 44.5 Å². The number of aryl methyl sites for hydroxylation is 2. The first-order valence-corrected chi connectivity index (χ1v) is 11.3. The van der Waals surface area contributed by atoms with Crippen LogP contribution in [-0.4, -0.2) is 39.5 Å². The number of carbonyl (C=O) groups excluding carboxylic acids is 2. The molecule has 1 N–H and O–H groups in total. The molecule has 2 heterocycles. The Balaban J connectivity index is 1.61. The molecular formula is C21H24N4O4S2. The molecule has 1 atom stereocenters. The van der Waals surface area contributed by atoms with Crippen LogP contribution in [0.3, 0.4) is 0 Å². The second kappa shape index (κ2) is 9.97. The molecule has 1 aromatic carbocycles. The number of amides is 1. The Morgan fingerprint density at radius 2 is 2.03 bits per heavy atom. The van der Waals surface area contributed by atoms with Crippen molar-refractivity contribution in [3.8, 4) is 5.75 Å². The molecule has 0 fully saturated rings. The Morgan fingerprint density at radius 3 is 2.74 bits per heavy atom. The highest BCUT2D eigenvalue weighted by Crippen LogP contribution is 2.29. The number of rotatable bonds is 8. The molecule has 2 aromatic heterocycles. The smallest absolute Gasteiger partial charge is 0.340 e. The molecule has 164 valence electrons. The van der Waals surface area contributed by atoms with Gasteiger partial charge in [-0.3, -0.25) is 4.79 Å². The second-order valence-corrected chi connectivity index (χ2v) is 9.10. The van der Waals surface area contributed by atoms with E-state index >= 15 is 0 Å². The maximum absolute atomic E-state index is 12.4. The van der Waals surface area contributed by atoms with Gasteiger partial charge in [0.1, 0.15) is 10.8 Å². The molecule has 1 amide bonds. The summed E-state index contributed by atoms with van der Waals surface area (Å²) < 4.78 is 12.6. The number of thiophene rings is 1. The van der Waals surface area contributed by atoms with Crippen molar-refractivity contribution in [1.29, 1.82) is 0 Å². The molecule has 0 aliphatic heterocycles. The summed E-state index contributed by atoms with van der Waals surface area (Å²) in [6.07, 6.45) is -0.306. The Kier molecular flexibility index (Phi) is 7.34. The zero-order valence-electron chi connectivity index (χ0n) is 18.0. The average Bonchev–Trinajstić information content (AvgIpc) is 3.27. The van der Waals surface area contributed by atoms with E-state index in [4.69, 9.17) is 9.47 Å². The summed E-state index contributed by atoms with van der Waals surface area (Å²) in [6, 6.07) is 9.50. The van der Waals surface area contributed by atoms with Crippen LogP contribution in [0.1, 0.15) is 39.7 Å². The quantitative estimate of drug-likeness (QED) is 0.398. The molecule has 0 saturated carbocycles. The predicted octanol–water partition coefficient (Wildman–Crippen LogP) is 4.15. The fourth-order valence-corrected chi connectivity index (χ4v) is 4.55. The summed E-state index contributed by atoms with van der Waals surface area (Å²) in [4.78, 5) is 25.2. The molecule has 31 heavy (non-hydrogen) atoms. The Hall–Kier alpha value is -2.85. The lowest BCUT2D eigenvalue weighted by Gasteiger charge is -2.14. The van der Waals surface area contributed by atoms with E-state index in [0.717, 1.165) is 16.2 Å². The first-order valence-electron chi connectivity index (χ1n) is 9.52. The highest BCUT2D eigenvalue weighted by molar-refractivity contribution is 7.99. The number of ether oxygens (including phenoxy) is 2. The highest BCUT2D eigenvalue weighted by Gasteiger charge is 2.20. The topological polar surface area (TPSA) is 95.3 Å². The van der Waals surface area contributed by atoms with Gasteiger partial charge < -0.3 is 19.4 Å². The number of nitrogens with one attached hydrogen (secondary N) is 1. The van der Waals surface area contributed by atoms with Crippen LogP contribution in [0, 0.1) is 13.8 Å². The summed E-state index contributed by atoms with van der Waals surface area (Å²) in [5.41, 5.74) is 1.47. The van der Waals surface area contributed by atoms with Gasteiger partial charge in [0.05, 0.1) is 18.4 Å². The molecule has 10 heteroatoms. The van der Waals surface area contributed by atoms with E-state index in [2.05, 4.69) is 15.5 Å². The van der Waals surface area contributed by atoms with Crippen molar-refractivity contribution < 1.29 is 19.1 Å². The van der Waals surface area contributed by atoms with Gasteiger partial charge in [0.25, 0.3) is 0 Å². The van der Waals surface area contributed by atoms with Crippen LogP contribution in [0.15, 0.2) is 35.5 Å². The monoisotopic (exact) mass is 460 g/mol. The minimum absolute atomic E-state index is 0.122. The molecule has 3 aromatic rings. The summed E-state index contributed by atoms with van der Waals surface area (Å²) in [5, 5.41) is 12.3. The van der Waals surface area contributed by atoms with E-state index in [1.54, 1.807) is 6.07 Å². The Labute approximate surface area is 189 Å². The van der Waals surface area contributed by atoms with E-state index in [9.17, 15) is 9.59 Å². The van der Waals surface area contributed by atoms with Crippen molar-refractivity contribution >= 4 is 40.0 Å². The van der Waals surface area contributed by atoms with Crippen LogP contribution in [-0.2, 0) is 16.6 Å². The number of hydrogen-bond donors (Lipinski definition) is 1. The fraction of sp³-hybridized carbons (Fsp3) is 0.333. The highest BCUT2D eigenvalue weighted by atomic mass is 32.2. The third kappa shape index (κ3) is 5.65. The minimum Gasteiger partial charge on any atom is -0.483 e. The van der Waals surface area contributed by atoms with Crippen molar-refractivity contribution in [2.24, 2.45) is 7.05 Å². The number of benzene rings is 1. The largest absolute Gasteiger partial charge is 0.483 e. The lowest BCUT2D eigenvalue weighted by molar-refractivity contribution is -0.113. The predicted molar refractivity (Wildman–Crippen MR) is 121 cm³/mol. The maximum Gasteiger partial charge on any atom is 0.340 e. The van der Waals surface area contributed by atoms with Crippen molar-refractivity contribution in [2.75, 3.05) is 18.2 Å². The molecule has 0 radical (unpaired) electrons. The Morgan fingerprint density at radius 1 is 1.26 bits per heavy atom. The third-order valence-electron chi connectivity index (χ3n) is 4.38. The maximum atomic E-state index is 12.4. The van der Waals surface area contributed by atoms with Crippen LogP contribution in [0.4, 0.5) is 5.00 Å². The number of carbonyl (C=O) groups is 2. The van der Waals surface area contributed by atoms with Gasteiger partial charge in [-0.2, -0.15) is 0 Å². The van der Waals surface area contributed by atoms with E-state index < -0.39 is 5.97 Å². The summed E-state index contributed by atoms with van der Waals surface area (Å²) in [7, 11) is 3.15. The lowest BCUT2D eigenvalue weighted by atomic mass is 10.2. The van der Waals surface area contributed by atoms with E-state index in [1.165, 1.54) is 30.2 Å². The summed E-state index contributed by atoms with van der Waals surface area (Å²) in [6.45, 7) is 5.77. The molecule has 3 rings (SSSR count). The third-order valence-corrected chi connectivity index (χ3v) is 6.37. The molecule has 8 nitrogen and oxygen atoms in total. The normalized spacial score (nSPS) is 11.8. The zero-order valence-corrected chi connectivity index (χ0v) is 19.6. The van der Waals surface area contributed by atoms with Crippen LogP contribution >= 0.6 is 23.1 Å². The van der Waals surface area contributed by atoms with Crippen LogP contribution in [0.5, 0.6) is 5.75 Å². The van der Waals surface area contributed by atoms with Gasteiger partial charge in [0.15, 0.2) is 17.1 Å².